The lowest BCUT2D eigenvalue weighted by atomic mass is 9.63. The fourth-order valence-electron chi connectivity index (χ4n) is 5.29. The minimum absolute atomic E-state index is 0.198. The molecule has 0 spiro atoms. The first-order valence-electron chi connectivity index (χ1n) is 12.6. The summed E-state index contributed by atoms with van der Waals surface area (Å²) in [7, 11) is 0. The molecule has 1 aromatic carbocycles. The Morgan fingerprint density at radius 2 is 1.73 bits per heavy atom. The zero-order chi connectivity index (χ0) is 23.8. The predicted molar refractivity (Wildman–Crippen MR) is 138 cm³/mol. The van der Waals surface area contributed by atoms with Crippen LogP contribution < -0.4 is 16.0 Å². The third-order valence-electron chi connectivity index (χ3n) is 7.96. The number of nitrogens with one attached hydrogen (secondary N) is 1. The Balaban J connectivity index is 1.47. The van der Waals surface area contributed by atoms with Crippen LogP contribution in [0.4, 0.5) is 5.82 Å². The van der Waals surface area contributed by atoms with Gasteiger partial charge in [0.05, 0.1) is 11.8 Å². The van der Waals surface area contributed by atoms with Gasteiger partial charge in [0.15, 0.2) is 0 Å². The second-order valence-corrected chi connectivity index (χ2v) is 11.5. The van der Waals surface area contributed by atoms with Gasteiger partial charge < -0.3 is 21.1 Å². The highest BCUT2D eigenvalue weighted by atomic mass is 16.3. The summed E-state index contributed by atoms with van der Waals surface area (Å²) < 4.78 is 0. The van der Waals surface area contributed by atoms with Gasteiger partial charge in [0.25, 0.3) is 0 Å². The normalized spacial score (nSPS) is 22.0. The minimum atomic E-state index is -0.482. The van der Waals surface area contributed by atoms with Crippen LogP contribution in [-0.2, 0) is 10.8 Å². The van der Waals surface area contributed by atoms with Crippen molar-refractivity contribution in [2.75, 3.05) is 24.5 Å². The minimum Gasteiger partial charge on any atom is -0.392 e. The molecule has 0 saturated carbocycles. The zero-order valence-corrected chi connectivity index (χ0v) is 21.1. The maximum Gasteiger partial charge on any atom is 0.129 e. The molecule has 1 saturated heterocycles. The number of fused-ring (bicyclic) bond motifs is 1. The van der Waals surface area contributed by atoms with Crippen LogP contribution in [0.3, 0.4) is 0 Å². The number of nitrogens with two attached hydrogens (primary N) is 1. The Morgan fingerprint density at radius 1 is 1.06 bits per heavy atom. The molecule has 2 aliphatic rings. The fourth-order valence-corrected chi connectivity index (χ4v) is 5.29. The van der Waals surface area contributed by atoms with E-state index in [0.29, 0.717) is 12.6 Å². The number of aliphatic hydroxyl groups excluding tert-OH is 1. The molecule has 2 aromatic rings. The van der Waals surface area contributed by atoms with Gasteiger partial charge in [-0.3, -0.25) is 0 Å². The number of anilines is 1. The molecule has 1 aromatic heterocycles. The van der Waals surface area contributed by atoms with Gasteiger partial charge in [0.2, 0.25) is 0 Å². The summed E-state index contributed by atoms with van der Waals surface area (Å²) in [6.45, 7) is 13.8. The second-order valence-electron chi connectivity index (χ2n) is 11.5. The SMILES string of the molecule is C[C@@H](O)C(N)CNC1CCN(c2cccc(-c3ccc4c(c3)C(C)(C)CCC4(C)C)n2)CC1. The van der Waals surface area contributed by atoms with Crippen molar-refractivity contribution in [1.29, 1.82) is 0 Å². The van der Waals surface area contributed by atoms with Gasteiger partial charge in [-0.25, -0.2) is 4.98 Å². The number of hydrogen-bond donors (Lipinski definition) is 3. The third-order valence-corrected chi connectivity index (χ3v) is 7.96. The number of hydrogen-bond acceptors (Lipinski definition) is 5. The van der Waals surface area contributed by atoms with Crippen LogP contribution in [-0.4, -0.2) is 47.9 Å². The monoisotopic (exact) mass is 450 g/mol. The van der Waals surface area contributed by atoms with Crippen LogP contribution >= 0.6 is 0 Å². The van der Waals surface area contributed by atoms with E-state index in [-0.39, 0.29) is 16.9 Å². The first-order valence-corrected chi connectivity index (χ1v) is 12.6. The fraction of sp³-hybridized carbons (Fsp3) is 0.607. The smallest absolute Gasteiger partial charge is 0.129 e. The lowest BCUT2D eigenvalue weighted by molar-refractivity contribution is 0.159. The Labute approximate surface area is 199 Å². The molecule has 2 heterocycles. The molecule has 1 aliphatic carbocycles. The summed E-state index contributed by atoms with van der Waals surface area (Å²) in [5.74, 6) is 1.06. The summed E-state index contributed by atoms with van der Waals surface area (Å²) in [5, 5.41) is 13.1. The van der Waals surface area contributed by atoms with Crippen molar-refractivity contribution in [3.05, 3.63) is 47.5 Å². The number of aliphatic hydroxyl groups is 1. The zero-order valence-electron chi connectivity index (χ0n) is 21.1. The van der Waals surface area contributed by atoms with E-state index in [1.807, 2.05) is 0 Å². The standard InChI is InChI=1S/C28H42N4O/c1-19(33)24(29)18-30-21-11-15-32(16-12-21)26-8-6-7-25(31-26)20-9-10-22-23(17-20)28(4,5)14-13-27(22,2)3/h6-10,17,19,21,24,30,33H,11-16,18,29H2,1-5H3/t19-,24?/m1/s1. The van der Waals surface area contributed by atoms with Gasteiger partial charge >= 0.3 is 0 Å². The Kier molecular flexibility index (Phi) is 6.86. The molecule has 5 heteroatoms. The molecule has 2 atom stereocenters. The Bertz CT molecular complexity index is 960. The number of nitrogens with zero attached hydrogens (tertiary/aromatic N) is 2. The first kappa shape index (κ1) is 24.2. The van der Waals surface area contributed by atoms with E-state index in [1.165, 1.54) is 29.5 Å². The Morgan fingerprint density at radius 3 is 2.39 bits per heavy atom. The van der Waals surface area contributed by atoms with Crippen molar-refractivity contribution in [3.8, 4) is 11.3 Å². The number of aromatic nitrogens is 1. The van der Waals surface area contributed by atoms with Crippen LogP contribution in [0.15, 0.2) is 36.4 Å². The molecule has 0 bridgehead atoms. The summed E-state index contributed by atoms with van der Waals surface area (Å²) >= 11 is 0. The van der Waals surface area contributed by atoms with Crippen molar-refractivity contribution in [3.63, 3.8) is 0 Å². The number of rotatable bonds is 6. The van der Waals surface area contributed by atoms with Crippen LogP contribution in [0.5, 0.6) is 0 Å². The molecule has 4 rings (SSSR count). The highest BCUT2D eigenvalue weighted by Gasteiger charge is 2.37. The predicted octanol–water partition coefficient (Wildman–Crippen LogP) is 4.36. The van der Waals surface area contributed by atoms with E-state index < -0.39 is 6.10 Å². The lowest BCUT2D eigenvalue weighted by Crippen LogP contribution is -2.48. The van der Waals surface area contributed by atoms with E-state index in [4.69, 9.17) is 10.7 Å². The topological polar surface area (TPSA) is 74.4 Å². The highest BCUT2D eigenvalue weighted by molar-refractivity contribution is 5.65. The van der Waals surface area contributed by atoms with Gasteiger partial charge in [-0.15, -0.1) is 0 Å². The number of pyridine rings is 1. The Hall–Kier alpha value is -1.95. The third kappa shape index (κ3) is 5.26. The molecule has 5 nitrogen and oxygen atoms in total. The molecule has 1 unspecified atom stereocenters. The van der Waals surface area contributed by atoms with Gasteiger partial charge in [-0.1, -0.05) is 45.9 Å². The molecule has 180 valence electrons. The molecule has 33 heavy (non-hydrogen) atoms. The maximum absolute atomic E-state index is 9.60. The molecule has 0 radical (unpaired) electrons. The second kappa shape index (κ2) is 9.36. The first-order chi connectivity index (χ1) is 15.6. The molecule has 4 N–H and O–H groups in total. The summed E-state index contributed by atoms with van der Waals surface area (Å²) in [6.07, 6.45) is 4.08. The number of piperidine rings is 1. The van der Waals surface area contributed by atoms with E-state index in [0.717, 1.165) is 37.4 Å². The average molecular weight is 451 g/mol. The van der Waals surface area contributed by atoms with Crippen LogP contribution in [0.1, 0.15) is 71.4 Å². The average Bonchev–Trinajstić information content (AvgIpc) is 2.80. The largest absolute Gasteiger partial charge is 0.392 e. The summed E-state index contributed by atoms with van der Waals surface area (Å²) in [6, 6.07) is 13.6. The lowest BCUT2D eigenvalue weighted by Gasteiger charge is -2.42. The van der Waals surface area contributed by atoms with E-state index in [9.17, 15) is 5.11 Å². The molecular weight excluding hydrogens is 408 g/mol. The van der Waals surface area contributed by atoms with Gasteiger partial charge in [0.1, 0.15) is 5.82 Å². The molecule has 0 amide bonds. The summed E-state index contributed by atoms with van der Waals surface area (Å²) in [4.78, 5) is 7.47. The van der Waals surface area contributed by atoms with Crippen molar-refractivity contribution in [2.45, 2.75) is 89.3 Å². The van der Waals surface area contributed by atoms with Crippen molar-refractivity contribution >= 4 is 5.82 Å². The quantitative estimate of drug-likeness (QED) is 0.610. The van der Waals surface area contributed by atoms with Gasteiger partial charge in [-0.05, 0) is 72.8 Å². The van der Waals surface area contributed by atoms with Crippen LogP contribution in [0.25, 0.3) is 11.3 Å². The van der Waals surface area contributed by atoms with E-state index >= 15 is 0 Å². The van der Waals surface area contributed by atoms with Crippen LogP contribution in [0, 0.1) is 0 Å². The summed E-state index contributed by atoms with van der Waals surface area (Å²) in [5.41, 5.74) is 11.6. The van der Waals surface area contributed by atoms with E-state index in [1.54, 1.807) is 6.92 Å². The number of benzene rings is 1. The molecular formula is C28H42N4O. The van der Waals surface area contributed by atoms with Crippen LogP contribution in [0.2, 0.25) is 0 Å². The highest BCUT2D eigenvalue weighted by Crippen LogP contribution is 2.46. The molecule has 1 aliphatic heterocycles. The van der Waals surface area contributed by atoms with Crippen molar-refractivity contribution in [1.82, 2.24) is 10.3 Å². The van der Waals surface area contributed by atoms with Crippen molar-refractivity contribution in [2.24, 2.45) is 5.73 Å². The van der Waals surface area contributed by atoms with Gasteiger partial charge in [-0.2, -0.15) is 0 Å². The van der Waals surface area contributed by atoms with Crippen molar-refractivity contribution < 1.29 is 5.11 Å². The van der Waals surface area contributed by atoms with Gasteiger partial charge in [0, 0.05) is 37.3 Å². The maximum atomic E-state index is 9.60. The molecule has 1 fully saturated rings. The van der Waals surface area contributed by atoms with E-state index in [2.05, 4.69) is 74.3 Å².